The van der Waals surface area contributed by atoms with Crippen LogP contribution in [-0.2, 0) is 10.0 Å². The van der Waals surface area contributed by atoms with Crippen LogP contribution in [0.1, 0.15) is 0 Å². The van der Waals surface area contributed by atoms with E-state index in [1.165, 1.54) is 23.9 Å². The first-order valence-corrected chi connectivity index (χ1v) is 6.09. The molecule has 0 aliphatic carbocycles. The minimum atomic E-state index is -3.53. The van der Waals surface area contributed by atoms with E-state index in [9.17, 15) is 8.42 Å². The predicted octanol–water partition coefficient (Wildman–Crippen LogP) is 1.23. The number of nitrogens with one attached hydrogen (secondary N) is 1. The number of benzene rings is 1. The Labute approximate surface area is 93.8 Å². The van der Waals surface area contributed by atoms with Crippen molar-refractivity contribution in [2.45, 2.75) is 5.03 Å². The van der Waals surface area contributed by atoms with Crippen molar-refractivity contribution in [2.75, 3.05) is 11.4 Å². The van der Waals surface area contributed by atoms with Crippen LogP contribution in [0.25, 0.3) is 0 Å². The van der Waals surface area contributed by atoms with Gasteiger partial charge in [-0.05, 0) is 12.1 Å². The molecule has 1 heterocycles. The molecule has 2 rings (SSSR count). The summed E-state index contributed by atoms with van der Waals surface area (Å²) in [7, 11) is -2.03. The van der Waals surface area contributed by atoms with Crippen LogP contribution in [0, 0.1) is 0 Å². The number of aromatic nitrogens is 2. The summed E-state index contributed by atoms with van der Waals surface area (Å²) in [6.07, 6.45) is 2.63. The smallest absolute Gasteiger partial charge is 0.281 e. The van der Waals surface area contributed by atoms with Gasteiger partial charge in [0.25, 0.3) is 10.0 Å². The fraction of sp³-hybridized carbons (Fsp3) is 0.100. The molecule has 1 N–H and O–H groups in total. The van der Waals surface area contributed by atoms with Crippen molar-refractivity contribution in [3.63, 3.8) is 0 Å². The van der Waals surface area contributed by atoms with Crippen LogP contribution in [0.5, 0.6) is 0 Å². The van der Waals surface area contributed by atoms with E-state index < -0.39 is 10.0 Å². The SMILES string of the molecule is CN(c1ccccc1)S(=O)(=O)c1cnc[nH]1. The fourth-order valence-corrected chi connectivity index (χ4v) is 2.40. The normalized spacial score (nSPS) is 11.3. The van der Waals surface area contributed by atoms with Crippen molar-refractivity contribution in [3.8, 4) is 0 Å². The number of imidazole rings is 1. The number of nitrogens with zero attached hydrogens (tertiary/aromatic N) is 2. The number of rotatable bonds is 3. The summed E-state index contributed by atoms with van der Waals surface area (Å²) >= 11 is 0. The highest BCUT2D eigenvalue weighted by Crippen LogP contribution is 2.19. The molecule has 5 nitrogen and oxygen atoms in total. The number of para-hydroxylation sites is 1. The van der Waals surface area contributed by atoms with E-state index in [1.54, 1.807) is 24.3 Å². The van der Waals surface area contributed by atoms with Crippen LogP contribution in [0.15, 0.2) is 47.9 Å². The van der Waals surface area contributed by atoms with Crippen molar-refractivity contribution < 1.29 is 8.42 Å². The summed E-state index contributed by atoms with van der Waals surface area (Å²) in [4.78, 5) is 6.29. The topological polar surface area (TPSA) is 66.1 Å². The zero-order valence-electron chi connectivity index (χ0n) is 8.66. The Morgan fingerprint density at radius 2 is 1.94 bits per heavy atom. The summed E-state index contributed by atoms with van der Waals surface area (Å²) in [5, 5.41) is 0.0823. The minimum absolute atomic E-state index is 0.0823. The number of sulfonamides is 1. The van der Waals surface area contributed by atoms with E-state index in [2.05, 4.69) is 9.97 Å². The second kappa shape index (κ2) is 3.97. The van der Waals surface area contributed by atoms with Gasteiger partial charge in [0.15, 0.2) is 5.03 Å². The first-order chi connectivity index (χ1) is 7.62. The number of hydrogen-bond acceptors (Lipinski definition) is 3. The molecule has 2 aromatic rings. The van der Waals surface area contributed by atoms with E-state index in [0.717, 1.165) is 0 Å². The molecular weight excluding hydrogens is 226 g/mol. The van der Waals surface area contributed by atoms with Crippen molar-refractivity contribution in [3.05, 3.63) is 42.9 Å². The second-order valence-corrected chi connectivity index (χ2v) is 5.16. The maximum absolute atomic E-state index is 12.0. The molecular formula is C10H11N3O2S. The Hall–Kier alpha value is -1.82. The Morgan fingerprint density at radius 3 is 2.50 bits per heavy atom. The quantitative estimate of drug-likeness (QED) is 0.873. The molecule has 0 fully saturated rings. The van der Waals surface area contributed by atoms with Crippen LogP contribution in [0.4, 0.5) is 5.69 Å². The monoisotopic (exact) mass is 237 g/mol. The molecule has 0 atom stereocenters. The third kappa shape index (κ3) is 1.79. The number of anilines is 1. The molecule has 0 aliphatic rings. The largest absolute Gasteiger partial charge is 0.334 e. The zero-order chi connectivity index (χ0) is 11.6. The highest BCUT2D eigenvalue weighted by molar-refractivity contribution is 7.92. The first kappa shape index (κ1) is 10.7. The van der Waals surface area contributed by atoms with Crippen LogP contribution < -0.4 is 4.31 Å². The molecule has 1 aromatic heterocycles. The summed E-state index contributed by atoms with van der Waals surface area (Å²) in [5.41, 5.74) is 0.608. The van der Waals surface area contributed by atoms with Crippen molar-refractivity contribution in [1.82, 2.24) is 9.97 Å². The number of hydrogen-bond donors (Lipinski definition) is 1. The maximum Gasteiger partial charge on any atom is 0.281 e. The van der Waals surface area contributed by atoms with E-state index in [-0.39, 0.29) is 5.03 Å². The lowest BCUT2D eigenvalue weighted by Gasteiger charge is -2.17. The van der Waals surface area contributed by atoms with Gasteiger partial charge in [0, 0.05) is 7.05 Å². The third-order valence-electron chi connectivity index (χ3n) is 2.23. The number of H-pyrrole nitrogens is 1. The predicted molar refractivity (Wildman–Crippen MR) is 60.6 cm³/mol. The van der Waals surface area contributed by atoms with Gasteiger partial charge in [-0.25, -0.2) is 4.98 Å². The van der Waals surface area contributed by atoms with Crippen molar-refractivity contribution in [1.29, 1.82) is 0 Å². The summed E-state index contributed by atoms with van der Waals surface area (Å²) < 4.78 is 25.3. The Kier molecular flexibility index (Phi) is 2.66. The lowest BCUT2D eigenvalue weighted by Crippen LogP contribution is -2.26. The molecule has 0 saturated heterocycles. The molecule has 0 spiro atoms. The molecule has 0 saturated carbocycles. The standard InChI is InChI=1S/C10H11N3O2S/c1-13(9-5-3-2-4-6-9)16(14,15)10-7-11-8-12-10/h2-8H,1H3,(H,11,12). The summed E-state index contributed by atoms with van der Waals surface area (Å²) in [5.74, 6) is 0. The molecule has 84 valence electrons. The highest BCUT2D eigenvalue weighted by atomic mass is 32.2. The van der Waals surface area contributed by atoms with E-state index in [4.69, 9.17) is 0 Å². The van der Waals surface area contributed by atoms with Gasteiger partial charge in [-0.2, -0.15) is 8.42 Å². The van der Waals surface area contributed by atoms with Gasteiger partial charge >= 0.3 is 0 Å². The van der Waals surface area contributed by atoms with Gasteiger partial charge in [0.05, 0.1) is 18.2 Å². The molecule has 1 aromatic carbocycles. The van der Waals surface area contributed by atoms with Crippen molar-refractivity contribution in [2.24, 2.45) is 0 Å². The van der Waals surface area contributed by atoms with Gasteiger partial charge in [-0.1, -0.05) is 18.2 Å². The molecule has 0 unspecified atom stereocenters. The van der Waals surface area contributed by atoms with Gasteiger partial charge < -0.3 is 4.98 Å². The van der Waals surface area contributed by atoms with E-state index in [1.807, 2.05) is 6.07 Å². The number of aromatic amines is 1. The lowest BCUT2D eigenvalue weighted by atomic mass is 10.3. The van der Waals surface area contributed by atoms with Gasteiger partial charge in [-0.15, -0.1) is 0 Å². The minimum Gasteiger partial charge on any atom is -0.334 e. The van der Waals surface area contributed by atoms with Crippen LogP contribution in [0.2, 0.25) is 0 Å². The molecule has 6 heteroatoms. The second-order valence-electron chi connectivity index (χ2n) is 3.22. The molecule has 0 radical (unpaired) electrons. The van der Waals surface area contributed by atoms with Crippen LogP contribution in [-0.4, -0.2) is 25.4 Å². The third-order valence-corrected chi connectivity index (χ3v) is 3.94. The first-order valence-electron chi connectivity index (χ1n) is 4.65. The molecule has 0 amide bonds. The zero-order valence-corrected chi connectivity index (χ0v) is 9.48. The van der Waals surface area contributed by atoms with Crippen LogP contribution >= 0.6 is 0 Å². The highest BCUT2D eigenvalue weighted by Gasteiger charge is 2.22. The average molecular weight is 237 g/mol. The van der Waals surface area contributed by atoms with Crippen molar-refractivity contribution >= 4 is 15.7 Å². The van der Waals surface area contributed by atoms with Gasteiger partial charge in [0.2, 0.25) is 0 Å². The van der Waals surface area contributed by atoms with Crippen LogP contribution in [0.3, 0.4) is 0 Å². The van der Waals surface area contributed by atoms with Gasteiger partial charge in [-0.3, -0.25) is 4.31 Å². The summed E-state index contributed by atoms with van der Waals surface area (Å²) in [6.45, 7) is 0. The lowest BCUT2D eigenvalue weighted by molar-refractivity contribution is 0.591. The average Bonchev–Trinajstić information content (AvgIpc) is 2.83. The molecule has 16 heavy (non-hydrogen) atoms. The molecule has 0 bridgehead atoms. The van der Waals surface area contributed by atoms with E-state index >= 15 is 0 Å². The van der Waals surface area contributed by atoms with Gasteiger partial charge in [0.1, 0.15) is 0 Å². The Morgan fingerprint density at radius 1 is 1.25 bits per heavy atom. The Balaban J connectivity index is 2.40. The summed E-state index contributed by atoms with van der Waals surface area (Å²) in [6, 6.07) is 8.87. The fourth-order valence-electron chi connectivity index (χ4n) is 1.31. The van der Waals surface area contributed by atoms with E-state index in [0.29, 0.717) is 5.69 Å². The maximum atomic E-state index is 12.0. The Bertz CT molecular complexity index is 549. The molecule has 0 aliphatic heterocycles.